The van der Waals surface area contributed by atoms with Gasteiger partial charge in [-0.05, 0) is 68.1 Å². The molecule has 6 heteroatoms. The van der Waals surface area contributed by atoms with Crippen LogP contribution >= 0.6 is 22.9 Å². The number of carbonyl (C=O) groups is 1. The molecule has 1 aliphatic rings. The highest BCUT2D eigenvalue weighted by Crippen LogP contribution is 2.27. The molecule has 0 radical (unpaired) electrons. The molecule has 1 atom stereocenters. The van der Waals surface area contributed by atoms with Gasteiger partial charge in [-0.25, -0.2) is 0 Å². The summed E-state index contributed by atoms with van der Waals surface area (Å²) in [6.07, 6.45) is 2.46. The number of halogens is 1. The molecule has 1 aromatic carbocycles. The van der Waals surface area contributed by atoms with Crippen LogP contribution in [-0.2, 0) is 4.79 Å². The number of hydrogen-bond acceptors (Lipinski definition) is 4. The van der Waals surface area contributed by atoms with Crippen LogP contribution in [0.1, 0.15) is 29.3 Å². The summed E-state index contributed by atoms with van der Waals surface area (Å²) < 4.78 is 5.57. The predicted molar refractivity (Wildman–Crippen MR) is 103 cm³/mol. The van der Waals surface area contributed by atoms with Gasteiger partial charge in [-0.3, -0.25) is 9.69 Å². The maximum Gasteiger partial charge on any atom is 0.258 e. The molecular weight excluding hydrogens is 356 g/mol. The van der Waals surface area contributed by atoms with Crippen LogP contribution in [0.4, 0.5) is 0 Å². The molecule has 1 N–H and O–H groups in total. The van der Waals surface area contributed by atoms with Gasteiger partial charge < -0.3 is 10.1 Å². The monoisotopic (exact) mass is 378 g/mol. The summed E-state index contributed by atoms with van der Waals surface area (Å²) in [4.78, 5) is 15.9. The van der Waals surface area contributed by atoms with Gasteiger partial charge in [0.2, 0.25) is 0 Å². The molecule has 2 heterocycles. The third kappa shape index (κ3) is 4.97. The van der Waals surface area contributed by atoms with Crippen molar-refractivity contribution in [3.63, 3.8) is 0 Å². The fourth-order valence-electron chi connectivity index (χ4n) is 3.06. The average Bonchev–Trinajstić information content (AvgIpc) is 3.30. The van der Waals surface area contributed by atoms with Crippen molar-refractivity contribution >= 4 is 28.8 Å². The minimum Gasteiger partial charge on any atom is -0.484 e. The smallest absolute Gasteiger partial charge is 0.258 e. The quantitative estimate of drug-likeness (QED) is 0.790. The molecule has 0 saturated carbocycles. The van der Waals surface area contributed by atoms with Crippen molar-refractivity contribution in [2.45, 2.75) is 25.8 Å². The fraction of sp³-hybridized carbons (Fsp3) is 0.421. The van der Waals surface area contributed by atoms with Crippen LogP contribution in [0.15, 0.2) is 35.7 Å². The Morgan fingerprint density at radius 2 is 2.16 bits per heavy atom. The normalized spacial score (nSPS) is 15.9. The highest BCUT2D eigenvalue weighted by atomic mass is 35.5. The number of thiophene rings is 1. The van der Waals surface area contributed by atoms with E-state index in [1.807, 2.05) is 13.0 Å². The number of nitrogens with one attached hydrogen (secondary N) is 1. The summed E-state index contributed by atoms with van der Waals surface area (Å²) in [6, 6.07) is 9.87. The van der Waals surface area contributed by atoms with Crippen molar-refractivity contribution in [1.29, 1.82) is 0 Å². The van der Waals surface area contributed by atoms with E-state index < -0.39 is 0 Å². The van der Waals surface area contributed by atoms with Gasteiger partial charge >= 0.3 is 0 Å². The van der Waals surface area contributed by atoms with E-state index in [1.165, 1.54) is 17.7 Å². The van der Waals surface area contributed by atoms with Gasteiger partial charge in [-0.1, -0.05) is 17.7 Å². The molecule has 0 unspecified atom stereocenters. The Morgan fingerprint density at radius 3 is 2.84 bits per heavy atom. The number of rotatable bonds is 7. The van der Waals surface area contributed by atoms with Gasteiger partial charge in [0.05, 0.1) is 6.04 Å². The van der Waals surface area contributed by atoms with Gasteiger partial charge in [0.15, 0.2) is 6.61 Å². The Labute approximate surface area is 157 Å². The number of benzene rings is 1. The Bertz CT molecular complexity index is 699. The lowest BCUT2D eigenvalue weighted by Gasteiger charge is -2.26. The molecule has 1 saturated heterocycles. The number of hydrogen-bond donors (Lipinski definition) is 1. The van der Waals surface area contributed by atoms with Gasteiger partial charge in [-0.15, -0.1) is 11.3 Å². The fourth-order valence-corrected chi connectivity index (χ4v) is 4.04. The van der Waals surface area contributed by atoms with E-state index in [0.29, 0.717) is 17.3 Å². The van der Waals surface area contributed by atoms with Crippen LogP contribution in [0.25, 0.3) is 0 Å². The molecule has 2 aromatic rings. The van der Waals surface area contributed by atoms with E-state index in [4.69, 9.17) is 16.3 Å². The lowest BCUT2D eigenvalue weighted by atomic mass is 10.2. The molecule has 1 aliphatic heterocycles. The van der Waals surface area contributed by atoms with E-state index in [0.717, 1.165) is 18.7 Å². The lowest BCUT2D eigenvalue weighted by Crippen LogP contribution is -2.38. The first-order chi connectivity index (χ1) is 12.1. The molecule has 4 nitrogen and oxygen atoms in total. The zero-order valence-electron chi connectivity index (χ0n) is 14.3. The highest BCUT2D eigenvalue weighted by Gasteiger charge is 2.24. The minimum absolute atomic E-state index is 0.0121. The molecule has 1 aromatic heterocycles. The molecule has 0 spiro atoms. The van der Waals surface area contributed by atoms with Crippen molar-refractivity contribution in [3.8, 4) is 5.75 Å². The van der Waals surface area contributed by atoms with Crippen LogP contribution in [0.2, 0.25) is 5.02 Å². The second kappa shape index (κ2) is 8.70. The molecule has 0 bridgehead atoms. The van der Waals surface area contributed by atoms with Crippen molar-refractivity contribution in [1.82, 2.24) is 10.2 Å². The maximum atomic E-state index is 12.2. The number of carbonyl (C=O) groups excluding carboxylic acids is 1. The number of ether oxygens (including phenoxy) is 1. The van der Waals surface area contributed by atoms with E-state index in [-0.39, 0.29) is 18.6 Å². The van der Waals surface area contributed by atoms with Crippen molar-refractivity contribution in [2.75, 3.05) is 26.2 Å². The van der Waals surface area contributed by atoms with Crippen LogP contribution in [-0.4, -0.2) is 37.0 Å². The van der Waals surface area contributed by atoms with E-state index in [1.54, 1.807) is 23.5 Å². The lowest BCUT2D eigenvalue weighted by molar-refractivity contribution is -0.123. The van der Waals surface area contributed by atoms with Crippen molar-refractivity contribution in [3.05, 3.63) is 51.2 Å². The second-order valence-corrected chi connectivity index (χ2v) is 7.66. The highest BCUT2D eigenvalue weighted by molar-refractivity contribution is 7.10. The molecular formula is C19H23ClN2O2S. The number of likely N-dealkylation sites (tertiary alicyclic amines) is 1. The van der Waals surface area contributed by atoms with Gasteiger partial charge in [0.25, 0.3) is 5.91 Å². The summed E-state index contributed by atoms with van der Waals surface area (Å²) in [5.74, 6) is 0.555. The van der Waals surface area contributed by atoms with Gasteiger partial charge in [0.1, 0.15) is 5.75 Å². The summed E-state index contributed by atoms with van der Waals surface area (Å²) in [6.45, 7) is 4.73. The molecule has 0 aliphatic carbocycles. The number of aryl methyl sites for hydroxylation is 1. The van der Waals surface area contributed by atoms with Crippen LogP contribution < -0.4 is 10.1 Å². The second-order valence-electron chi connectivity index (χ2n) is 6.28. The Hall–Kier alpha value is -1.56. The molecule has 1 amide bonds. The van der Waals surface area contributed by atoms with E-state index >= 15 is 0 Å². The molecule has 3 rings (SSSR count). The maximum absolute atomic E-state index is 12.2. The van der Waals surface area contributed by atoms with Crippen molar-refractivity contribution in [2.24, 2.45) is 0 Å². The number of amides is 1. The molecule has 1 fully saturated rings. The summed E-state index contributed by atoms with van der Waals surface area (Å²) in [7, 11) is 0. The van der Waals surface area contributed by atoms with E-state index in [9.17, 15) is 4.79 Å². The topological polar surface area (TPSA) is 41.6 Å². The SMILES string of the molecule is Cc1cc(OCC(=O)NC[C@H](c2cccs2)N2CCCC2)ccc1Cl. The molecule has 134 valence electrons. The average molecular weight is 379 g/mol. The standard InChI is InChI=1S/C19H23ClN2O2S/c1-14-11-15(6-7-16(14)20)24-13-19(23)21-12-17(18-5-4-10-25-18)22-8-2-3-9-22/h4-7,10-11,17H,2-3,8-9,12-13H2,1H3,(H,21,23)/t17-/m1/s1. The van der Waals surface area contributed by atoms with Gasteiger partial charge in [-0.2, -0.15) is 0 Å². The Kier molecular flexibility index (Phi) is 6.34. The predicted octanol–water partition coefficient (Wildman–Crippen LogP) is 4.04. The first kappa shape index (κ1) is 18.2. The van der Waals surface area contributed by atoms with Crippen LogP contribution in [0.5, 0.6) is 5.75 Å². The summed E-state index contributed by atoms with van der Waals surface area (Å²) >= 11 is 7.75. The largest absolute Gasteiger partial charge is 0.484 e. The summed E-state index contributed by atoms with van der Waals surface area (Å²) in [5.41, 5.74) is 0.936. The molecule has 25 heavy (non-hydrogen) atoms. The Balaban J connectivity index is 1.51. The third-order valence-electron chi connectivity index (χ3n) is 4.44. The number of nitrogens with zero attached hydrogens (tertiary/aromatic N) is 1. The first-order valence-corrected chi connectivity index (χ1v) is 9.82. The van der Waals surface area contributed by atoms with Crippen LogP contribution in [0.3, 0.4) is 0 Å². The van der Waals surface area contributed by atoms with Gasteiger partial charge in [0, 0.05) is 16.4 Å². The van der Waals surface area contributed by atoms with Crippen LogP contribution in [0, 0.1) is 6.92 Å². The first-order valence-electron chi connectivity index (χ1n) is 8.56. The zero-order valence-corrected chi connectivity index (χ0v) is 15.9. The third-order valence-corrected chi connectivity index (χ3v) is 5.84. The minimum atomic E-state index is -0.103. The van der Waals surface area contributed by atoms with E-state index in [2.05, 4.69) is 27.7 Å². The Morgan fingerprint density at radius 1 is 1.36 bits per heavy atom. The van der Waals surface area contributed by atoms with Crippen molar-refractivity contribution < 1.29 is 9.53 Å². The summed E-state index contributed by atoms with van der Waals surface area (Å²) in [5, 5.41) is 5.80. The zero-order chi connectivity index (χ0) is 17.6.